The predicted molar refractivity (Wildman–Crippen MR) is 45.1 cm³/mol. The fourth-order valence-corrected chi connectivity index (χ4v) is 0.647. The van der Waals surface area contributed by atoms with Gasteiger partial charge in [0.2, 0.25) is 0 Å². The molecule has 1 unspecified atom stereocenters. The minimum Gasteiger partial charge on any atom is -0.393 e. The van der Waals surface area contributed by atoms with Crippen molar-refractivity contribution in [3.05, 3.63) is 0 Å². The van der Waals surface area contributed by atoms with Gasteiger partial charge in [-0.25, -0.2) is 0 Å². The highest BCUT2D eigenvalue weighted by Crippen LogP contribution is 1.99. The zero-order chi connectivity index (χ0) is 8.69. The lowest BCUT2D eigenvalue weighted by atomic mass is 10.2. The van der Waals surface area contributed by atoms with E-state index >= 15 is 0 Å². The van der Waals surface area contributed by atoms with E-state index in [2.05, 4.69) is 15.2 Å². The fraction of sp³-hybridized carbons (Fsp3) is 0.857. The summed E-state index contributed by atoms with van der Waals surface area (Å²) in [6.45, 7) is 1.92. The first kappa shape index (κ1) is 10.2. The van der Waals surface area contributed by atoms with Gasteiger partial charge in [0.1, 0.15) is 5.84 Å². The molecule has 0 aromatic heterocycles. The van der Waals surface area contributed by atoms with Crippen LogP contribution in [-0.2, 0) is 0 Å². The monoisotopic (exact) mass is 157 g/mol. The number of aliphatic hydroxyl groups excluding tert-OH is 1. The fourth-order valence-electron chi connectivity index (χ4n) is 0.647. The lowest BCUT2D eigenvalue weighted by Gasteiger charge is -2.04. The molecule has 0 aliphatic rings. The van der Waals surface area contributed by atoms with E-state index in [4.69, 9.17) is 0 Å². The quantitative estimate of drug-likeness (QED) is 0.374. The Morgan fingerprint density at radius 2 is 2.09 bits per heavy atom. The minimum atomic E-state index is -0.348. The maximum atomic E-state index is 9.20. The van der Waals surface area contributed by atoms with Crippen molar-refractivity contribution in [2.24, 2.45) is 15.2 Å². The zero-order valence-corrected chi connectivity index (χ0v) is 7.28. The largest absolute Gasteiger partial charge is 0.393 e. The van der Waals surface area contributed by atoms with Crippen LogP contribution in [0.2, 0.25) is 0 Å². The summed E-state index contributed by atoms with van der Waals surface area (Å²) in [5.41, 5.74) is 0. The molecule has 0 aromatic carbocycles. The van der Waals surface area contributed by atoms with Crippen LogP contribution in [0.4, 0.5) is 0 Å². The van der Waals surface area contributed by atoms with Gasteiger partial charge in [0, 0.05) is 20.5 Å². The van der Waals surface area contributed by atoms with Crippen LogP contribution >= 0.6 is 0 Å². The molecule has 0 fully saturated rings. The SMILES string of the molecule is CCC(O)CC(/N=N\C)=N/C. The van der Waals surface area contributed by atoms with Crippen LogP contribution in [-0.4, -0.2) is 31.1 Å². The third kappa shape index (κ3) is 4.61. The Bertz CT molecular complexity index is 154. The number of rotatable bonds is 3. The first-order chi connectivity index (χ1) is 5.24. The molecule has 1 atom stereocenters. The number of amidine groups is 1. The van der Waals surface area contributed by atoms with Crippen LogP contribution in [0.3, 0.4) is 0 Å². The first-order valence-corrected chi connectivity index (χ1v) is 3.68. The predicted octanol–water partition coefficient (Wildman–Crippen LogP) is 1.26. The van der Waals surface area contributed by atoms with Gasteiger partial charge in [-0.1, -0.05) is 6.92 Å². The molecule has 0 bridgehead atoms. The van der Waals surface area contributed by atoms with E-state index < -0.39 is 0 Å². The number of hydrogen-bond acceptors (Lipinski definition) is 3. The summed E-state index contributed by atoms with van der Waals surface area (Å²) in [4.78, 5) is 3.86. The van der Waals surface area contributed by atoms with Crippen molar-refractivity contribution in [2.45, 2.75) is 25.9 Å². The van der Waals surface area contributed by atoms with Crippen LogP contribution in [0.1, 0.15) is 19.8 Å². The molecule has 0 spiro atoms. The van der Waals surface area contributed by atoms with Gasteiger partial charge in [0.25, 0.3) is 0 Å². The molecule has 4 heteroatoms. The molecule has 0 aromatic rings. The van der Waals surface area contributed by atoms with E-state index in [9.17, 15) is 5.11 Å². The average molecular weight is 157 g/mol. The highest BCUT2D eigenvalue weighted by atomic mass is 16.3. The summed E-state index contributed by atoms with van der Waals surface area (Å²) in [5, 5.41) is 16.5. The maximum absolute atomic E-state index is 9.20. The zero-order valence-electron chi connectivity index (χ0n) is 7.28. The van der Waals surface area contributed by atoms with Crippen molar-refractivity contribution in [1.29, 1.82) is 0 Å². The molecule has 4 nitrogen and oxygen atoms in total. The molecular formula is C7H15N3O. The Morgan fingerprint density at radius 1 is 1.45 bits per heavy atom. The Morgan fingerprint density at radius 3 is 2.45 bits per heavy atom. The normalized spacial score (nSPS) is 15.8. The highest BCUT2D eigenvalue weighted by Gasteiger charge is 2.04. The van der Waals surface area contributed by atoms with E-state index in [0.29, 0.717) is 12.3 Å². The number of azo groups is 1. The Labute approximate surface area is 67.1 Å². The maximum Gasteiger partial charge on any atom is 0.148 e. The molecule has 11 heavy (non-hydrogen) atoms. The van der Waals surface area contributed by atoms with Crippen molar-refractivity contribution < 1.29 is 5.11 Å². The second-order valence-corrected chi connectivity index (χ2v) is 2.21. The molecule has 0 rings (SSSR count). The smallest absolute Gasteiger partial charge is 0.148 e. The van der Waals surface area contributed by atoms with Crippen molar-refractivity contribution in [2.75, 3.05) is 14.1 Å². The van der Waals surface area contributed by atoms with Crippen molar-refractivity contribution >= 4 is 5.84 Å². The van der Waals surface area contributed by atoms with Crippen molar-refractivity contribution in [3.63, 3.8) is 0 Å². The second-order valence-electron chi connectivity index (χ2n) is 2.21. The van der Waals surface area contributed by atoms with Gasteiger partial charge in [-0.2, -0.15) is 5.11 Å². The molecule has 1 N–H and O–H groups in total. The summed E-state index contributed by atoms with van der Waals surface area (Å²) in [6, 6.07) is 0. The molecule has 0 saturated carbocycles. The lowest BCUT2D eigenvalue weighted by Crippen LogP contribution is -2.10. The van der Waals surface area contributed by atoms with Crippen molar-refractivity contribution in [1.82, 2.24) is 0 Å². The van der Waals surface area contributed by atoms with E-state index in [0.717, 1.165) is 6.42 Å². The standard InChI is InChI=1S/C7H15N3O/c1-4-6(11)5-7(8-2)10-9-3/h6,11H,4-5H2,1-3H3/b8-7-,10-9-. The van der Waals surface area contributed by atoms with Gasteiger partial charge in [-0.3, -0.25) is 4.99 Å². The molecule has 0 aliphatic heterocycles. The van der Waals surface area contributed by atoms with Crippen LogP contribution < -0.4 is 0 Å². The third-order valence-electron chi connectivity index (χ3n) is 1.36. The molecule has 64 valence electrons. The van der Waals surface area contributed by atoms with Gasteiger partial charge in [0.15, 0.2) is 0 Å². The van der Waals surface area contributed by atoms with Gasteiger partial charge < -0.3 is 5.11 Å². The molecule has 0 heterocycles. The molecule has 0 amide bonds. The molecule has 0 radical (unpaired) electrons. The van der Waals surface area contributed by atoms with Gasteiger partial charge in [-0.05, 0) is 6.42 Å². The average Bonchev–Trinajstić information content (AvgIpc) is 2.03. The molecule has 0 aliphatic carbocycles. The number of nitrogens with zero attached hydrogens (tertiary/aromatic N) is 3. The summed E-state index contributed by atoms with van der Waals surface area (Å²) >= 11 is 0. The topological polar surface area (TPSA) is 57.3 Å². The van der Waals surface area contributed by atoms with Crippen LogP contribution in [0, 0.1) is 0 Å². The summed E-state index contributed by atoms with van der Waals surface area (Å²) < 4.78 is 0. The van der Waals surface area contributed by atoms with Crippen LogP contribution in [0.5, 0.6) is 0 Å². The van der Waals surface area contributed by atoms with Gasteiger partial charge >= 0.3 is 0 Å². The summed E-state index contributed by atoms with van der Waals surface area (Å²) in [5.74, 6) is 0.599. The number of hydrogen-bond donors (Lipinski definition) is 1. The Balaban J connectivity index is 3.89. The first-order valence-electron chi connectivity index (χ1n) is 3.68. The van der Waals surface area contributed by atoms with Crippen LogP contribution in [0.25, 0.3) is 0 Å². The van der Waals surface area contributed by atoms with Crippen LogP contribution in [0.15, 0.2) is 15.2 Å². The Kier molecular flexibility index (Phi) is 5.56. The summed E-state index contributed by atoms with van der Waals surface area (Å²) in [6.07, 6.45) is 0.863. The van der Waals surface area contributed by atoms with E-state index in [1.807, 2.05) is 6.92 Å². The van der Waals surface area contributed by atoms with E-state index in [1.165, 1.54) is 0 Å². The van der Waals surface area contributed by atoms with Crippen molar-refractivity contribution in [3.8, 4) is 0 Å². The van der Waals surface area contributed by atoms with E-state index in [-0.39, 0.29) is 6.10 Å². The number of aliphatic imine (C=N–C) groups is 1. The minimum absolute atomic E-state index is 0.348. The molecule has 0 saturated heterocycles. The Hall–Kier alpha value is -0.770. The van der Waals surface area contributed by atoms with E-state index in [1.54, 1.807) is 14.1 Å². The molecular weight excluding hydrogens is 142 g/mol. The summed E-state index contributed by atoms with van der Waals surface area (Å²) in [7, 11) is 3.23. The van der Waals surface area contributed by atoms with Gasteiger partial charge in [-0.15, -0.1) is 5.11 Å². The third-order valence-corrected chi connectivity index (χ3v) is 1.36. The highest BCUT2D eigenvalue weighted by molar-refractivity contribution is 5.82. The van der Waals surface area contributed by atoms with Gasteiger partial charge in [0.05, 0.1) is 6.10 Å². The second kappa shape index (κ2) is 5.97. The lowest BCUT2D eigenvalue weighted by molar-refractivity contribution is 0.178. The number of aliphatic hydroxyl groups is 1.